The molecular weight excluding hydrogens is 338 g/mol. The Balaban J connectivity index is 2.31. The molecule has 27 heavy (non-hydrogen) atoms. The molecule has 0 aliphatic heterocycles. The second kappa shape index (κ2) is 8.38. The van der Waals surface area contributed by atoms with Gasteiger partial charge in [-0.15, -0.1) is 0 Å². The van der Waals surface area contributed by atoms with Gasteiger partial charge in [-0.2, -0.15) is 0 Å². The second-order valence-corrected chi connectivity index (χ2v) is 7.97. The van der Waals surface area contributed by atoms with Gasteiger partial charge in [0.2, 0.25) is 0 Å². The fourth-order valence-electron chi connectivity index (χ4n) is 2.57. The molecule has 4 heteroatoms. The monoisotopic (exact) mass is 367 g/mol. The number of esters is 1. The summed E-state index contributed by atoms with van der Waals surface area (Å²) in [6.07, 6.45) is 2.18. The highest BCUT2D eigenvalue weighted by Crippen LogP contribution is 2.24. The third-order valence-corrected chi connectivity index (χ3v) is 4.12. The van der Waals surface area contributed by atoms with Crippen LogP contribution in [0.5, 0.6) is 5.75 Å². The number of methoxy groups -OCH3 is 1. The number of aryl methyl sites for hydroxylation is 1. The largest absolute Gasteiger partial charge is 0.497 e. The van der Waals surface area contributed by atoms with E-state index in [2.05, 4.69) is 4.99 Å². The quantitative estimate of drug-likeness (QED) is 0.546. The third-order valence-electron chi connectivity index (χ3n) is 4.12. The molecule has 0 radical (unpaired) electrons. The number of aliphatic imine (C=N–C) groups is 1. The summed E-state index contributed by atoms with van der Waals surface area (Å²) in [7, 11) is 1.63. The highest BCUT2D eigenvalue weighted by molar-refractivity contribution is 5.87. The van der Waals surface area contributed by atoms with Gasteiger partial charge in [-0.1, -0.05) is 42.0 Å². The van der Waals surface area contributed by atoms with E-state index in [1.807, 2.05) is 83.1 Å². The molecule has 2 aromatic rings. The van der Waals surface area contributed by atoms with E-state index in [1.165, 1.54) is 5.56 Å². The van der Waals surface area contributed by atoms with Gasteiger partial charge in [0.25, 0.3) is 0 Å². The minimum atomic E-state index is -1.02. The number of hydrogen-bond acceptors (Lipinski definition) is 4. The van der Waals surface area contributed by atoms with Crippen LogP contribution < -0.4 is 4.74 Å². The number of rotatable bonds is 6. The van der Waals surface area contributed by atoms with E-state index in [9.17, 15) is 4.79 Å². The van der Waals surface area contributed by atoms with Crippen LogP contribution >= 0.6 is 0 Å². The lowest BCUT2D eigenvalue weighted by atomic mass is 9.93. The molecule has 0 aliphatic rings. The van der Waals surface area contributed by atoms with Crippen molar-refractivity contribution in [3.05, 3.63) is 65.2 Å². The Morgan fingerprint density at radius 2 is 1.59 bits per heavy atom. The van der Waals surface area contributed by atoms with Crippen molar-refractivity contribution in [2.24, 2.45) is 4.99 Å². The van der Waals surface area contributed by atoms with Gasteiger partial charge >= 0.3 is 5.97 Å². The molecule has 2 rings (SSSR count). The maximum absolute atomic E-state index is 12.9. The summed E-state index contributed by atoms with van der Waals surface area (Å²) < 4.78 is 10.9. The number of ether oxygens (including phenoxy) is 2. The lowest BCUT2D eigenvalue weighted by molar-refractivity contribution is -0.160. The molecule has 0 saturated carbocycles. The van der Waals surface area contributed by atoms with Crippen LogP contribution in [0.25, 0.3) is 0 Å². The number of benzene rings is 2. The smallest absolute Gasteiger partial charge is 0.334 e. The maximum Gasteiger partial charge on any atom is 0.334 e. The number of nitrogens with zero attached hydrogens (tertiary/aromatic N) is 1. The lowest BCUT2D eigenvalue weighted by Gasteiger charge is -2.28. The molecule has 0 aromatic heterocycles. The fourth-order valence-corrected chi connectivity index (χ4v) is 2.57. The molecule has 2 aromatic carbocycles. The van der Waals surface area contributed by atoms with Crippen molar-refractivity contribution in [1.29, 1.82) is 0 Å². The minimum Gasteiger partial charge on any atom is -0.497 e. The van der Waals surface area contributed by atoms with Crippen LogP contribution in [0.3, 0.4) is 0 Å². The van der Waals surface area contributed by atoms with Gasteiger partial charge in [-0.05, 0) is 57.9 Å². The summed E-state index contributed by atoms with van der Waals surface area (Å²) in [5.74, 6) is 0.440. The van der Waals surface area contributed by atoms with Gasteiger partial charge in [0.15, 0.2) is 5.54 Å². The van der Waals surface area contributed by atoms with Crippen LogP contribution in [-0.2, 0) is 16.0 Å². The summed E-state index contributed by atoms with van der Waals surface area (Å²) in [6, 6.07) is 15.7. The Labute approximate surface area is 162 Å². The Kier molecular flexibility index (Phi) is 6.42. The maximum atomic E-state index is 12.9. The number of carbonyl (C=O) groups excluding carboxylic acids is 1. The summed E-state index contributed by atoms with van der Waals surface area (Å²) in [5.41, 5.74) is 1.53. The second-order valence-electron chi connectivity index (χ2n) is 7.97. The van der Waals surface area contributed by atoms with E-state index in [4.69, 9.17) is 9.47 Å². The zero-order valence-corrected chi connectivity index (χ0v) is 17.1. The molecule has 1 atom stereocenters. The van der Waals surface area contributed by atoms with Crippen molar-refractivity contribution in [2.45, 2.75) is 52.2 Å². The van der Waals surface area contributed by atoms with Gasteiger partial charge in [-0.25, -0.2) is 4.79 Å². The molecule has 0 spiro atoms. The summed E-state index contributed by atoms with van der Waals surface area (Å²) >= 11 is 0. The SMILES string of the molecule is COc1ccc(C[C@](C)(N=Cc2ccc(C)cc2)C(=O)OC(C)(C)C)cc1. The van der Waals surface area contributed by atoms with Gasteiger partial charge in [0.05, 0.1) is 7.11 Å². The third kappa shape index (κ3) is 6.24. The van der Waals surface area contributed by atoms with Crippen LogP contribution in [0.2, 0.25) is 0 Å². The summed E-state index contributed by atoms with van der Waals surface area (Å²) in [5, 5.41) is 0. The number of hydrogen-bond donors (Lipinski definition) is 0. The molecule has 0 unspecified atom stereocenters. The first-order valence-corrected chi connectivity index (χ1v) is 9.10. The highest BCUT2D eigenvalue weighted by Gasteiger charge is 2.36. The minimum absolute atomic E-state index is 0.339. The first kappa shape index (κ1) is 20.7. The molecule has 0 bridgehead atoms. The molecular formula is C23H29NO3. The molecule has 0 heterocycles. The molecule has 4 nitrogen and oxygen atoms in total. The summed E-state index contributed by atoms with van der Waals surface area (Å²) in [6.45, 7) is 9.44. The van der Waals surface area contributed by atoms with Gasteiger partial charge in [-0.3, -0.25) is 4.99 Å². The lowest BCUT2D eigenvalue weighted by Crippen LogP contribution is -2.41. The van der Waals surface area contributed by atoms with Gasteiger partial charge in [0.1, 0.15) is 11.4 Å². The molecule has 0 amide bonds. The van der Waals surface area contributed by atoms with Crippen molar-refractivity contribution in [2.75, 3.05) is 7.11 Å². The average Bonchev–Trinajstić information content (AvgIpc) is 2.60. The molecule has 0 aliphatic carbocycles. The van der Waals surface area contributed by atoms with E-state index in [0.717, 1.165) is 16.9 Å². The zero-order chi connectivity index (χ0) is 20.1. The number of carbonyl (C=O) groups is 1. The molecule has 0 fully saturated rings. The van der Waals surface area contributed by atoms with E-state index in [-0.39, 0.29) is 5.97 Å². The first-order valence-electron chi connectivity index (χ1n) is 9.10. The molecule has 144 valence electrons. The van der Waals surface area contributed by atoms with Crippen molar-refractivity contribution in [3.63, 3.8) is 0 Å². The topological polar surface area (TPSA) is 47.9 Å². The van der Waals surface area contributed by atoms with Crippen molar-refractivity contribution < 1.29 is 14.3 Å². The van der Waals surface area contributed by atoms with E-state index in [1.54, 1.807) is 13.3 Å². The Morgan fingerprint density at radius 1 is 1.00 bits per heavy atom. The van der Waals surface area contributed by atoms with Crippen LogP contribution in [0.15, 0.2) is 53.5 Å². The van der Waals surface area contributed by atoms with Crippen molar-refractivity contribution in [3.8, 4) is 5.75 Å². The van der Waals surface area contributed by atoms with E-state index >= 15 is 0 Å². The molecule has 0 saturated heterocycles. The Bertz CT molecular complexity index is 786. The first-order chi connectivity index (χ1) is 12.6. The van der Waals surface area contributed by atoms with Gasteiger partial charge < -0.3 is 9.47 Å². The van der Waals surface area contributed by atoms with Crippen molar-refractivity contribution >= 4 is 12.2 Å². The Morgan fingerprint density at radius 3 is 2.11 bits per heavy atom. The van der Waals surface area contributed by atoms with Crippen LogP contribution in [-0.4, -0.2) is 30.4 Å². The predicted octanol–water partition coefficient (Wildman–Crippen LogP) is 4.77. The molecule has 0 N–H and O–H groups in total. The van der Waals surface area contributed by atoms with Crippen LogP contribution in [0.4, 0.5) is 0 Å². The van der Waals surface area contributed by atoms with Crippen LogP contribution in [0, 0.1) is 6.92 Å². The summed E-state index contributed by atoms with van der Waals surface area (Å²) in [4.78, 5) is 17.6. The van der Waals surface area contributed by atoms with Gasteiger partial charge in [0, 0.05) is 12.6 Å². The average molecular weight is 367 g/mol. The predicted molar refractivity (Wildman–Crippen MR) is 110 cm³/mol. The van der Waals surface area contributed by atoms with E-state index in [0.29, 0.717) is 6.42 Å². The normalized spacial score (nSPS) is 14.0. The van der Waals surface area contributed by atoms with Crippen molar-refractivity contribution in [1.82, 2.24) is 0 Å². The standard InChI is InChI=1S/C23H29NO3/c1-17-7-9-19(10-8-17)16-24-23(5,21(25)27-22(2,3)4)15-18-11-13-20(26-6)14-12-18/h7-14,16H,15H2,1-6H3/t23-/m0/s1. The van der Waals surface area contributed by atoms with Crippen LogP contribution in [0.1, 0.15) is 44.4 Å². The zero-order valence-electron chi connectivity index (χ0n) is 17.1. The van der Waals surface area contributed by atoms with E-state index < -0.39 is 11.1 Å². The highest BCUT2D eigenvalue weighted by atomic mass is 16.6. The Hall–Kier alpha value is -2.62. The fraction of sp³-hybridized carbons (Fsp3) is 0.391.